The summed E-state index contributed by atoms with van der Waals surface area (Å²) in [6.45, 7) is 4.92. The topological polar surface area (TPSA) is 197 Å². The summed E-state index contributed by atoms with van der Waals surface area (Å²) in [6.07, 6.45) is -0.373. The van der Waals surface area contributed by atoms with Crippen LogP contribution in [0.3, 0.4) is 0 Å². The maximum Gasteiger partial charge on any atom is 0.270 e. The van der Waals surface area contributed by atoms with E-state index in [0.29, 0.717) is 23.8 Å². The quantitative estimate of drug-likeness (QED) is 0.221. The van der Waals surface area contributed by atoms with E-state index in [1.54, 1.807) is 29.2 Å². The molecule has 3 saturated heterocycles. The Labute approximate surface area is 242 Å². The van der Waals surface area contributed by atoms with Crippen LogP contribution in [0.5, 0.6) is 11.6 Å². The molecule has 0 saturated carbocycles. The zero-order valence-corrected chi connectivity index (χ0v) is 23.6. The van der Waals surface area contributed by atoms with Gasteiger partial charge in [0.25, 0.3) is 11.8 Å². The lowest BCUT2D eigenvalue weighted by molar-refractivity contribution is 0.00611. The standard InChI is InChI=1S/C28H35N9O5/c1-27(2)10-11-42-20-14(6-4-7-15(20)27)23(39)33-18-13-37-26(30)34-17(21-28(37,22(18)38)36-25(29)35-21)12-31-24(40)16-8-5-9-19(32-16)41-3/h4-9,17-18,21-22,38H,10-13H2,1-3H3,(H2,30,34)(H,31,40)(H,33,39)(H3,29,35,36)/t17-,18?,21?,22+,28?/m0/s1. The summed E-state index contributed by atoms with van der Waals surface area (Å²) >= 11 is 0. The van der Waals surface area contributed by atoms with Crippen molar-refractivity contribution in [2.24, 2.45) is 0 Å². The van der Waals surface area contributed by atoms with Gasteiger partial charge in [0.2, 0.25) is 5.88 Å². The van der Waals surface area contributed by atoms with Gasteiger partial charge in [-0.25, -0.2) is 4.98 Å². The van der Waals surface area contributed by atoms with Crippen LogP contribution in [0.15, 0.2) is 36.4 Å². The van der Waals surface area contributed by atoms with Gasteiger partial charge in [-0.05, 0) is 24.0 Å². The molecular weight excluding hydrogens is 542 g/mol. The fourth-order valence-corrected chi connectivity index (χ4v) is 6.44. The molecule has 3 unspecified atom stereocenters. The highest BCUT2D eigenvalue weighted by atomic mass is 16.5. The number of carbonyl (C=O) groups excluding carboxylic acids is 2. The molecule has 1 aromatic heterocycles. The normalized spacial score (nSPS) is 28.6. The van der Waals surface area contributed by atoms with Crippen LogP contribution >= 0.6 is 0 Å². The number of nitrogens with zero attached hydrogens (tertiary/aromatic N) is 2. The van der Waals surface area contributed by atoms with Gasteiger partial charge < -0.3 is 46.1 Å². The zero-order chi connectivity index (χ0) is 29.8. The van der Waals surface area contributed by atoms with Crippen molar-refractivity contribution >= 4 is 23.7 Å². The number of carbonyl (C=O) groups is 2. The first kappa shape index (κ1) is 27.6. The summed E-state index contributed by atoms with van der Waals surface area (Å²) in [5.41, 5.74) is 0.0596. The molecule has 1 spiro atoms. The molecule has 2 amide bonds. The smallest absolute Gasteiger partial charge is 0.270 e. The largest absolute Gasteiger partial charge is 0.492 e. The third-order valence-electron chi connectivity index (χ3n) is 8.68. The van der Waals surface area contributed by atoms with Gasteiger partial charge in [-0.3, -0.25) is 20.4 Å². The van der Waals surface area contributed by atoms with E-state index in [1.165, 1.54) is 7.11 Å². The molecule has 2 aromatic rings. The Morgan fingerprint density at radius 1 is 1.19 bits per heavy atom. The highest BCUT2D eigenvalue weighted by molar-refractivity contribution is 5.98. The van der Waals surface area contributed by atoms with Gasteiger partial charge in [0.1, 0.15) is 17.5 Å². The fourth-order valence-electron chi connectivity index (χ4n) is 6.44. The van der Waals surface area contributed by atoms with Gasteiger partial charge in [0.15, 0.2) is 17.6 Å². The molecule has 14 nitrogen and oxygen atoms in total. The van der Waals surface area contributed by atoms with Gasteiger partial charge in [-0.1, -0.05) is 32.0 Å². The minimum absolute atomic E-state index is 0.00743. The molecule has 3 fully saturated rings. The molecule has 1 aromatic carbocycles. The maximum absolute atomic E-state index is 13.6. The molecule has 8 N–H and O–H groups in total. The molecule has 42 heavy (non-hydrogen) atoms. The summed E-state index contributed by atoms with van der Waals surface area (Å²) in [4.78, 5) is 32.2. The molecule has 0 aliphatic carbocycles. The average molecular weight is 578 g/mol. The molecule has 6 rings (SSSR count). The summed E-state index contributed by atoms with van der Waals surface area (Å²) in [5.74, 6) is -0.0212. The Balaban J connectivity index is 1.21. The lowest BCUT2D eigenvalue weighted by Crippen LogP contribution is -2.78. The highest BCUT2D eigenvalue weighted by Crippen LogP contribution is 2.41. The number of hydrogen-bond acceptors (Lipinski definition) is 8. The number of benzene rings is 1. The minimum Gasteiger partial charge on any atom is -0.492 e. The third-order valence-corrected chi connectivity index (χ3v) is 8.68. The average Bonchev–Trinajstić information content (AvgIpc) is 3.47. The molecule has 222 valence electrons. The molecule has 0 bridgehead atoms. The second kappa shape index (κ2) is 10.0. The van der Waals surface area contributed by atoms with Crippen LogP contribution in [-0.4, -0.2) is 95.4 Å². The molecule has 0 radical (unpaired) electrons. The highest BCUT2D eigenvalue weighted by Gasteiger charge is 2.66. The van der Waals surface area contributed by atoms with Crippen LogP contribution in [0.2, 0.25) is 0 Å². The van der Waals surface area contributed by atoms with Crippen LogP contribution in [0.1, 0.15) is 46.7 Å². The number of guanidine groups is 2. The predicted molar refractivity (Wildman–Crippen MR) is 152 cm³/mol. The van der Waals surface area contributed by atoms with Crippen LogP contribution in [0.4, 0.5) is 0 Å². The Bertz CT molecular complexity index is 1460. The Morgan fingerprint density at radius 3 is 2.76 bits per heavy atom. The lowest BCUT2D eigenvalue weighted by Gasteiger charge is -2.49. The number of hydrogen-bond donors (Lipinski definition) is 8. The second-order valence-corrected chi connectivity index (χ2v) is 11.6. The molecular formula is C28H35N9O5. The van der Waals surface area contributed by atoms with Crippen molar-refractivity contribution in [3.63, 3.8) is 0 Å². The Hall–Kier alpha value is -4.59. The Kier molecular flexibility index (Phi) is 6.60. The van der Waals surface area contributed by atoms with Crippen molar-refractivity contribution in [2.75, 3.05) is 26.8 Å². The number of amides is 2. The number of ether oxygens (including phenoxy) is 2. The van der Waals surface area contributed by atoms with Crippen molar-refractivity contribution < 1.29 is 24.2 Å². The number of para-hydroxylation sites is 1. The first-order valence-electron chi connectivity index (χ1n) is 13.9. The first-order chi connectivity index (χ1) is 20.0. The summed E-state index contributed by atoms with van der Waals surface area (Å²) in [7, 11) is 1.46. The molecule has 5 heterocycles. The van der Waals surface area contributed by atoms with E-state index >= 15 is 0 Å². The fraction of sp³-hybridized carbons (Fsp3) is 0.464. The summed E-state index contributed by atoms with van der Waals surface area (Å²) < 4.78 is 11.0. The van der Waals surface area contributed by atoms with E-state index < -0.39 is 41.7 Å². The van der Waals surface area contributed by atoms with Gasteiger partial charge in [-0.15, -0.1) is 0 Å². The van der Waals surface area contributed by atoms with E-state index in [4.69, 9.17) is 20.3 Å². The van der Waals surface area contributed by atoms with Crippen molar-refractivity contribution in [2.45, 2.75) is 55.6 Å². The maximum atomic E-state index is 13.6. The number of nitrogens with one attached hydrogen (secondary N) is 7. The predicted octanol–water partition coefficient (Wildman–Crippen LogP) is -0.546. The number of aromatic nitrogens is 1. The summed E-state index contributed by atoms with van der Waals surface area (Å²) in [5, 5.41) is 43.7. The van der Waals surface area contributed by atoms with Gasteiger partial charge in [0, 0.05) is 24.7 Å². The monoisotopic (exact) mass is 577 g/mol. The second-order valence-electron chi connectivity index (χ2n) is 11.6. The number of pyridine rings is 1. The molecule has 4 aliphatic heterocycles. The number of methoxy groups -OCH3 is 1. The number of rotatable bonds is 6. The van der Waals surface area contributed by atoms with Crippen LogP contribution in [0.25, 0.3) is 0 Å². The SMILES string of the molecule is COc1cccc(C(=O)NC[C@@H]2NC(=N)N3CC(NC(=O)c4cccc5c4OCCC5(C)C)[C@@H](O)C34NC(=N)NC24)n1. The number of aliphatic hydroxyl groups is 1. The summed E-state index contributed by atoms with van der Waals surface area (Å²) in [6, 6.07) is 8.37. The van der Waals surface area contributed by atoms with E-state index in [9.17, 15) is 14.7 Å². The third kappa shape index (κ3) is 4.33. The minimum atomic E-state index is -1.31. The van der Waals surface area contributed by atoms with Gasteiger partial charge in [-0.2, -0.15) is 0 Å². The van der Waals surface area contributed by atoms with Gasteiger partial charge >= 0.3 is 0 Å². The van der Waals surface area contributed by atoms with Crippen molar-refractivity contribution in [1.82, 2.24) is 36.5 Å². The van der Waals surface area contributed by atoms with E-state index in [1.807, 2.05) is 12.1 Å². The van der Waals surface area contributed by atoms with Crippen LogP contribution in [-0.2, 0) is 5.41 Å². The lowest BCUT2D eigenvalue weighted by atomic mass is 9.79. The molecule has 14 heteroatoms. The van der Waals surface area contributed by atoms with Crippen LogP contribution in [0, 0.1) is 10.8 Å². The molecule has 5 atom stereocenters. The van der Waals surface area contributed by atoms with E-state index in [0.717, 1.165) is 12.0 Å². The van der Waals surface area contributed by atoms with E-state index in [-0.39, 0.29) is 36.1 Å². The first-order valence-corrected chi connectivity index (χ1v) is 13.9. The Morgan fingerprint density at radius 2 is 1.98 bits per heavy atom. The molecule has 4 aliphatic rings. The van der Waals surface area contributed by atoms with Crippen molar-refractivity contribution in [1.29, 1.82) is 10.8 Å². The van der Waals surface area contributed by atoms with E-state index in [2.05, 4.69) is 45.4 Å². The van der Waals surface area contributed by atoms with Gasteiger partial charge in [0.05, 0.1) is 37.4 Å². The van der Waals surface area contributed by atoms with Crippen molar-refractivity contribution in [3.8, 4) is 11.6 Å². The zero-order valence-electron chi connectivity index (χ0n) is 23.6. The number of fused-ring (bicyclic) bond motifs is 1. The van der Waals surface area contributed by atoms with Crippen LogP contribution < -0.4 is 36.1 Å². The van der Waals surface area contributed by atoms with Crippen molar-refractivity contribution in [3.05, 3.63) is 53.2 Å². The number of aliphatic hydroxyl groups excluding tert-OH is 1.